The van der Waals surface area contributed by atoms with Crippen molar-refractivity contribution < 1.29 is 9.53 Å². The second-order valence-electron chi connectivity index (χ2n) is 4.31. The predicted octanol–water partition coefficient (Wildman–Crippen LogP) is 1.35. The van der Waals surface area contributed by atoms with Gasteiger partial charge in [0.25, 0.3) is 5.91 Å². The van der Waals surface area contributed by atoms with E-state index < -0.39 is 0 Å². The van der Waals surface area contributed by atoms with E-state index in [4.69, 9.17) is 4.74 Å². The summed E-state index contributed by atoms with van der Waals surface area (Å²) in [5.41, 5.74) is 1.58. The normalized spacial score (nSPS) is 12.3. The molecule has 1 unspecified atom stereocenters. The second kappa shape index (κ2) is 6.19. The zero-order valence-electron chi connectivity index (χ0n) is 11.1. The molecule has 2 aromatic heterocycles. The molecule has 0 aliphatic carbocycles. The molecule has 0 saturated carbocycles. The summed E-state index contributed by atoms with van der Waals surface area (Å²) in [6.45, 7) is 3.16. The average Bonchev–Trinajstić information content (AvgIpc) is 3.07. The number of H-pyrrole nitrogens is 1. The third-order valence-electron chi connectivity index (χ3n) is 2.97. The SMILES string of the molecule is COCCn1cccc1C(=O)NC(C)c1cn[nH]c1. The number of aromatic nitrogens is 3. The van der Waals surface area contributed by atoms with Crippen LogP contribution in [0.2, 0.25) is 0 Å². The van der Waals surface area contributed by atoms with Gasteiger partial charge in [0.15, 0.2) is 0 Å². The summed E-state index contributed by atoms with van der Waals surface area (Å²) >= 11 is 0. The minimum Gasteiger partial charge on any atom is -0.383 e. The van der Waals surface area contributed by atoms with Crippen molar-refractivity contribution in [2.45, 2.75) is 19.5 Å². The summed E-state index contributed by atoms with van der Waals surface area (Å²) < 4.78 is 6.90. The van der Waals surface area contributed by atoms with E-state index in [0.29, 0.717) is 18.8 Å². The van der Waals surface area contributed by atoms with Crippen LogP contribution in [0.15, 0.2) is 30.7 Å². The molecule has 0 fully saturated rings. The van der Waals surface area contributed by atoms with Gasteiger partial charge in [0.05, 0.1) is 18.8 Å². The number of nitrogens with zero attached hydrogens (tertiary/aromatic N) is 2. The first-order valence-electron chi connectivity index (χ1n) is 6.16. The van der Waals surface area contributed by atoms with E-state index in [2.05, 4.69) is 15.5 Å². The van der Waals surface area contributed by atoms with E-state index in [0.717, 1.165) is 5.56 Å². The molecule has 1 atom stereocenters. The number of hydrogen-bond donors (Lipinski definition) is 2. The predicted molar refractivity (Wildman–Crippen MR) is 70.8 cm³/mol. The Morgan fingerprint density at radius 1 is 1.63 bits per heavy atom. The number of ether oxygens (including phenoxy) is 1. The number of carbonyl (C=O) groups is 1. The Bertz CT molecular complexity index is 518. The molecule has 19 heavy (non-hydrogen) atoms. The van der Waals surface area contributed by atoms with Crippen LogP contribution in [0.25, 0.3) is 0 Å². The number of carbonyl (C=O) groups excluding carboxylic acids is 1. The van der Waals surface area contributed by atoms with Crippen LogP contribution in [-0.4, -0.2) is 34.4 Å². The number of rotatable bonds is 6. The van der Waals surface area contributed by atoms with Crippen LogP contribution in [0.4, 0.5) is 0 Å². The lowest BCUT2D eigenvalue weighted by atomic mass is 10.2. The lowest BCUT2D eigenvalue weighted by Crippen LogP contribution is -2.28. The standard InChI is InChI=1S/C13H18N4O2/c1-10(11-8-14-15-9-11)16-13(18)12-4-3-5-17(12)6-7-19-2/h3-5,8-10H,6-7H2,1-2H3,(H,14,15)(H,16,18). The van der Waals surface area contributed by atoms with Crippen molar-refractivity contribution in [2.24, 2.45) is 0 Å². The Hall–Kier alpha value is -2.08. The molecule has 0 spiro atoms. The van der Waals surface area contributed by atoms with E-state index >= 15 is 0 Å². The highest BCUT2D eigenvalue weighted by molar-refractivity contribution is 5.93. The lowest BCUT2D eigenvalue weighted by Gasteiger charge is -2.13. The lowest BCUT2D eigenvalue weighted by molar-refractivity contribution is 0.0928. The Labute approximate surface area is 111 Å². The zero-order chi connectivity index (χ0) is 13.7. The van der Waals surface area contributed by atoms with E-state index in [1.807, 2.05) is 23.8 Å². The molecule has 2 rings (SSSR count). The third-order valence-corrected chi connectivity index (χ3v) is 2.97. The Kier molecular flexibility index (Phi) is 4.35. The fraction of sp³-hybridized carbons (Fsp3) is 0.385. The first kappa shape index (κ1) is 13.4. The zero-order valence-corrected chi connectivity index (χ0v) is 11.1. The van der Waals surface area contributed by atoms with Crippen molar-refractivity contribution in [1.82, 2.24) is 20.1 Å². The van der Waals surface area contributed by atoms with Crippen LogP contribution >= 0.6 is 0 Å². The minimum atomic E-state index is -0.102. The van der Waals surface area contributed by atoms with Crippen LogP contribution in [0.5, 0.6) is 0 Å². The van der Waals surface area contributed by atoms with Crippen molar-refractivity contribution in [3.8, 4) is 0 Å². The topological polar surface area (TPSA) is 71.9 Å². The summed E-state index contributed by atoms with van der Waals surface area (Å²) in [6.07, 6.45) is 5.35. The maximum absolute atomic E-state index is 12.2. The molecule has 0 bridgehead atoms. The van der Waals surface area contributed by atoms with Crippen LogP contribution in [-0.2, 0) is 11.3 Å². The van der Waals surface area contributed by atoms with E-state index in [-0.39, 0.29) is 11.9 Å². The van der Waals surface area contributed by atoms with Crippen molar-refractivity contribution in [3.05, 3.63) is 42.0 Å². The van der Waals surface area contributed by atoms with Gasteiger partial charge in [-0.25, -0.2) is 0 Å². The van der Waals surface area contributed by atoms with Crippen LogP contribution in [0.1, 0.15) is 29.0 Å². The number of aromatic amines is 1. The number of nitrogens with one attached hydrogen (secondary N) is 2. The maximum atomic E-state index is 12.2. The van der Waals surface area contributed by atoms with Gasteiger partial charge in [-0.05, 0) is 19.1 Å². The summed E-state index contributed by atoms with van der Waals surface area (Å²) in [5, 5.41) is 9.55. The molecule has 102 valence electrons. The Balaban J connectivity index is 2.01. The van der Waals surface area contributed by atoms with Gasteiger partial charge in [-0.15, -0.1) is 0 Å². The Morgan fingerprint density at radius 2 is 2.47 bits per heavy atom. The van der Waals surface area contributed by atoms with Gasteiger partial charge in [-0.3, -0.25) is 9.89 Å². The molecule has 0 aromatic carbocycles. The molecule has 6 heteroatoms. The summed E-state index contributed by atoms with van der Waals surface area (Å²) in [6, 6.07) is 3.57. The average molecular weight is 262 g/mol. The molecule has 2 heterocycles. The molecule has 0 aliphatic heterocycles. The minimum absolute atomic E-state index is 0.0861. The number of hydrogen-bond acceptors (Lipinski definition) is 3. The fourth-order valence-corrected chi connectivity index (χ4v) is 1.86. The van der Waals surface area contributed by atoms with Crippen molar-refractivity contribution in [2.75, 3.05) is 13.7 Å². The number of methoxy groups -OCH3 is 1. The smallest absolute Gasteiger partial charge is 0.268 e. The van der Waals surface area contributed by atoms with Gasteiger partial charge in [0.2, 0.25) is 0 Å². The second-order valence-corrected chi connectivity index (χ2v) is 4.31. The molecular weight excluding hydrogens is 244 g/mol. The van der Waals surface area contributed by atoms with E-state index in [1.54, 1.807) is 25.6 Å². The summed E-state index contributed by atoms with van der Waals surface area (Å²) in [4.78, 5) is 12.2. The molecule has 0 radical (unpaired) electrons. The van der Waals surface area contributed by atoms with Gasteiger partial charge >= 0.3 is 0 Å². The molecule has 0 aliphatic rings. The highest BCUT2D eigenvalue weighted by Crippen LogP contribution is 2.11. The molecule has 6 nitrogen and oxygen atoms in total. The molecule has 2 N–H and O–H groups in total. The molecular formula is C13H18N4O2. The van der Waals surface area contributed by atoms with Gasteiger partial charge < -0.3 is 14.6 Å². The highest BCUT2D eigenvalue weighted by Gasteiger charge is 2.14. The van der Waals surface area contributed by atoms with Gasteiger partial charge in [0.1, 0.15) is 5.69 Å². The van der Waals surface area contributed by atoms with Gasteiger partial charge in [0, 0.05) is 31.6 Å². The summed E-state index contributed by atoms with van der Waals surface area (Å²) in [7, 11) is 1.64. The largest absolute Gasteiger partial charge is 0.383 e. The van der Waals surface area contributed by atoms with Crippen LogP contribution in [0, 0.1) is 0 Å². The fourth-order valence-electron chi connectivity index (χ4n) is 1.86. The maximum Gasteiger partial charge on any atom is 0.268 e. The Morgan fingerprint density at radius 3 is 3.16 bits per heavy atom. The quantitative estimate of drug-likeness (QED) is 0.825. The van der Waals surface area contributed by atoms with Gasteiger partial charge in [-0.1, -0.05) is 0 Å². The van der Waals surface area contributed by atoms with Crippen molar-refractivity contribution in [1.29, 1.82) is 0 Å². The van der Waals surface area contributed by atoms with Crippen molar-refractivity contribution in [3.63, 3.8) is 0 Å². The van der Waals surface area contributed by atoms with E-state index in [1.165, 1.54) is 0 Å². The third kappa shape index (κ3) is 3.23. The molecule has 2 aromatic rings. The van der Waals surface area contributed by atoms with Crippen molar-refractivity contribution >= 4 is 5.91 Å². The van der Waals surface area contributed by atoms with E-state index in [9.17, 15) is 4.79 Å². The van der Waals surface area contributed by atoms with Crippen LogP contribution in [0.3, 0.4) is 0 Å². The molecule has 0 saturated heterocycles. The summed E-state index contributed by atoms with van der Waals surface area (Å²) in [5.74, 6) is -0.102. The molecule has 1 amide bonds. The van der Waals surface area contributed by atoms with Crippen LogP contribution < -0.4 is 5.32 Å². The van der Waals surface area contributed by atoms with Gasteiger partial charge in [-0.2, -0.15) is 5.10 Å². The monoisotopic (exact) mass is 262 g/mol. The number of amides is 1. The highest BCUT2D eigenvalue weighted by atomic mass is 16.5. The first-order valence-corrected chi connectivity index (χ1v) is 6.16. The first-order chi connectivity index (χ1) is 9.22.